The van der Waals surface area contributed by atoms with E-state index < -0.39 is 18.0 Å². The van der Waals surface area contributed by atoms with Gasteiger partial charge in [-0.15, -0.1) is 0 Å². The van der Waals surface area contributed by atoms with Crippen LogP contribution < -0.4 is 10.9 Å². The number of alkyl halides is 1. The van der Waals surface area contributed by atoms with Crippen LogP contribution in [0, 0.1) is 12.7 Å². The molecule has 3 atom stereocenters. The first-order chi connectivity index (χ1) is 15.2. The topological polar surface area (TPSA) is 90.9 Å². The fourth-order valence-electron chi connectivity index (χ4n) is 4.10. The first-order valence-corrected chi connectivity index (χ1v) is 10.7. The largest absolute Gasteiger partial charge is 0.393 e. The quantitative estimate of drug-likeness (QED) is 0.525. The van der Waals surface area contributed by atoms with E-state index in [1.165, 1.54) is 13.0 Å². The number of aryl methyl sites for hydroxylation is 1. The molecule has 2 aromatic heterocycles. The Bertz CT molecular complexity index is 1250. The van der Waals surface area contributed by atoms with Crippen LogP contribution in [-0.2, 0) is 0 Å². The van der Waals surface area contributed by atoms with E-state index in [0.29, 0.717) is 53.1 Å². The van der Waals surface area contributed by atoms with Crippen LogP contribution in [0.5, 0.6) is 0 Å². The van der Waals surface area contributed by atoms with Gasteiger partial charge < -0.3 is 15.4 Å². The Labute approximate surface area is 184 Å². The highest BCUT2D eigenvalue weighted by molar-refractivity contribution is 5.89. The molecule has 0 spiro atoms. The number of aromatic nitrogens is 3. The summed E-state index contributed by atoms with van der Waals surface area (Å²) in [5, 5.41) is 13.6. The highest BCUT2D eigenvalue weighted by Crippen LogP contribution is 2.31. The summed E-state index contributed by atoms with van der Waals surface area (Å²) < 4.78 is 28.6. The van der Waals surface area contributed by atoms with Gasteiger partial charge in [0.05, 0.1) is 17.5 Å². The van der Waals surface area contributed by atoms with Crippen molar-refractivity contribution in [1.29, 1.82) is 0 Å². The Kier molecular flexibility index (Phi) is 6.06. The van der Waals surface area contributed by atoms with Gasteiger partial charge in [-0.1, -0.05) is 24.3 Å². The van der Waals surface area contributed by atoms with Gasteiger partial charge in [-0.2, -0.15) is 0 Å². The Morgan fingerprint density at radius 1 is 1.25 bits per heavy atom. The molecule has 0 saturated carbocycles. The normalized spacial score (nSPS) is 18.3. The zero-order chi connectivity index (χ0) is 23.0. The summed E-state index contributed by atoms with van der Waals surface area (Å²) in [6, 6.07) is 5.91. The molecular weight excluding hydrogens is 414 g/mol. The van der Waals surface area contributed by atoms with Crippen LogP contribution in [0.3, 0.4) is 0 Å². The molecule has 0 saturated heterocycles. The van der Waals surface area contributed by atoms with Gasteiger partial charge in [0.15, 0.2) is 0 Å². The number of halogens is 2. The van der Waals surface area contributed by atoms with E-state index in [-0.39, 0.29) is 17.2 Å². The number of anilines is 1. The van der Waals surface area contributed by atoms with Crippen molar-refractivity contribution in [2.24, 2.45) is 0 Å². The molecule has 0 bridgehead atoms. The van der Waals surface area contributed by atoms with Crippen LogP contribution in [0.1, 0.15) is 67.8 Å². The number of aliphatic hydroxyl groups is 1. The number of nitrogens with one attached hydrogen (secondary N) is 2. The van der Waals surface area contributed by atoms with Crippen molar-refractivity contribution in [2.75, 3.05) is 5.32 Å². The third-order valence-corrected chi connectivity index (χ3v) is 5.86. The van der Waals surface area contributed by atoms with Gasteiger partial charge in [0.1, 0.15) is 29.3 Å². The van der Waals surface area contributed by atoms with E-state index in [0.717, 1.165) is 5.57 Å². The second kappa shape index (κ2) is 8.78. The highest BCUT2D eigenvalue weighted by Gasteiger charge is 2.20. The summed E-state index contributed by atoms with van der Waals surface area (Å²) in [5.74, 6) is 0.312. The molecule has 6 nitrogen and oxygen atoms in total. The first kappa shape index (κ1) is 22.1. The van der Waals surface area contributed by atoms with Gasteiger partial charge in [0.25, 0.3) is 5.56 Å². The minimum absolute atomic E-state index is 0.0120. The monoisotopic (exact) mass is 440 g/mol. The van der Waals surface area contributed by atoms with Crippen molar-refractivity contribution in [2.45, 2.75) is 58.4 Å². The van der Waals surface area contributed by atoms with E-state index >= 15 is 0 Å². The smallest absolute Gasteiger partial charge is 0.257 e. The van der Waals surface area contributed by atoms with Gasteiger partial charge in [-0.25, -0.2) is 18.7 Å². The van der Waals surface area contributed by atoms with E-state index in [4.69, 9.17) is 0 Å². The summed E-state index contributed by atoms with van der Waals surface area (Å²) >= 11 is 0. The second-order valence-corrected chi connectivity index (χ2v) is 8.28. The molecule has 32 heavy (non-hydrogen) atoms. The van der Waals surface area contributed by atoms with E-state index in [1.807, 2.05) is 6.08 Å². The van der Waals surface area contributed by atoms with Crippen LogP contribution in [0.2, 0.25) is 0 Å². The number of hydrogen-bond acceptors (Lipinski definition) is 5. The maximum Gasteiger partial charge on any atom is 0.257 e. The van der Waals surface area contributed by atoms with Crippen molar-refractivity contribution in [3.05, 3.63) is 69.0 Å². The lowest BCUT2D eigenvalue weighted by atomic mass is 9.92. The summed E-state index contributed by atoms with van der Waals surface area (Å²) in [6.45, 7) is 4.78. The number of allylic oxidation sites excluding steroid dienone is 1. The van der Waals surface area contributed by atoms with E-state index in [1.54, 1.807) is 32.0 Å². The molecule has 0 amide bonds. The molecule has 8 heteroatoms. The molecule has 168 valence electrons. The zero-order valence-corrected chi connectivity index (χ0v) is 18.2. The Hall–Kier alpha value is -3.13. The van der Waals surface area contributed by atoms with Crippen LogP contribution >= 0.6 is 0 Å². The first-order valence-electron chi connectivity index (χ1n) is 10.7. The molecule has 1 aliphatic rings. The summed E-state index contributed by atoms with van der Waals surface area (Å²) in [6.07, 6.45) is 1.77. The van der Waals surface area contributed by atoms with E-state index in [9.17, 15) is 18.7 Å². The second-order valence-electron chi connectivity index (χ2n) is 8.28. The lowest BCUT2D eigenvalue weighted by molar-refractivity contribution is 0.166. The number of aromatic amines is 1. The average Bonchev–Trinajstić information content (AvgIpc) is 2.73. The standard InChI is InChI=1S/C24H26F2N4O2/c1-12(25)17-5-4-6-18(21(17)26)13(2)27-22-20-11-19(15-7-9-16(31)10-8-15)24(32)30-23(20)29-14(3)28-22/h4-7,11-13,16,31H,8-10H2,1-3H3,(H2,27,28,29,30,32)/t12?,13-,16?/m1/s1. The van der Waals surface area contributed by atoms with Crippen molar-refractivity contribution < 1.29 is 13.9 Å². The molecule has 0 aliphatic heterocycles. The maximum absolute atomic E-state index is 14.9. The molecule has 2 heterocycles. The molecule has 1 aromatic carbocycles. The number of aliphatic hydroxyl groups excluding tert-OH is 1. The number of fused-ring (bicyclic) bond motifs is 1. The van der Waals surface area contributed by atoms with Gasteiger partial charge >= 0.3 is 0 Å². The van der Waals surface area contributed by atoms with Crippen LogP contribution in [0.15, 0.2) is 35.1 Å². The molecule has 4 rings (SSSR count). The van der Waals surface area contributed by atoms with Crippen LogP contribution in [0.25, 0.3) is 16.6 Å². The molecule has 1 aliphatic carbocycles. The third kappa shape index (κ3) is 4.27. The minimum Gasteiger partial charge on any atom is -0.393 e. The molecule has 0 radical (unpaired) electrons. The number of pyridine rings is 1. The average molecular weight is 440 g/mol. The Morgan fingerprint density at radius 2 is 2.00 bits per heavy atom. The Balaban J connectivity index is 1.76. The predicted molar refractivity (Wildman–Crippen MR) is 121 cm³/mol. The summed E-state index contributed by atoms with van der Waals surface area (Å²) in [5.41, 5.74) is 1.83. The number of benzene rings is 1. The summed E-state index contributed by atoms with van der Waals surface area (Å²) in [7, 11) is 0. The fraction of sp³-hybridized carbons (Fsp3) is 0.375. The number of rotatable bonds is 5. The number of nitrogens with zero attached hydrogens (tertiary/aromatic N) is 2. The van der Waals surface area contributed by atoms with Crippen molar-refractivity contribution in [3.8, 4) is 0 Å². The van der Waals surface area contributed by atoms with Crippen LogP contribution in [-0.4, -0.2) is 26.2 Å². The van der Waals surface area contributed by atoms with Gasteiger partial charge in [0.2, 0.25) is 0 Å². The van der Waals surface area contributed by atoms with E-state index in [2.05, 4.69) is 20.3 Å². The van der Waals surface area contributed by atoms with Gasteiger partial charge in [0, 0.05) is 16.7 Å². The molecule has 0 fully saturated rings. The van der Waals surface area contributed by atoms with Crippen molar-refractivity contribution >= 4 is 22.4 Å². The lowest BCUT2D eigenvalue weighted by Crippen LogP contribution is -2.18. The predicted octanol–water partition coefficient (Wildman–Crippen LogP) is 4.90. The van der Waals surface area contributed by atoms with Gasteiger partial charge in [-0.3, -0.25) is 4.79 Å². The lowest BCUT2D eigenvalue weighted by Gasteiger charge is -2.20. The number of hydrogen-bond donors (Lipinski definition) is 3. The number of H-pyrrole nitrogens is 1. The minimum atomic E-state index is -1.42. The van der Waals surface area contributed by atoms with Crippen molar-refractivity contribution in [1.82, 2.24) is 15.0 Å². The van der Waals surface area contributed by atoms with Crippen LogP contribution in [0.4, 0.5) is 14.6 Å². The summed E-state index contributed by atoms with van der Waals surface area (Å²) in [4.78, 5) is 24.3. The molecular formula is C24H26F2N4O2. The van der Waals surface area contributed by atoms with Crippen molar-refractivity contribution in [3.63, 3.8) is 0 Å². The fourth-order valence-corrected chi connectivity index (χ4v) is 4.10. The molecule has 3 N–H and O–H groups in total. The highest BCUT2D eigenvalue weighted by atomic mass is 19.1. The molecule has 3 aromatic rings. The molecule has 2 unspecified atom stereocenters. The third-order valence-electron chi connectivity index (χ3n) is 5.86. The maximum atomic E-state index is 14.9. The zero-order valence-electron chi connectivity index (χ0n) is 18.2. The Morgan fingerprint density at radius 3 is 2.69 bits per heavy atom. The SMILES string of the molecule is Cc1nc(N[C@H](C)c2cccc(C(C)F)c2F)c2cc(C3=CCC(O)CC3)c(=O)[nH]c2n1. The van der Waals surface area contributed by atoms with Gasteiger partial charge in [-0.05, 0) is 51.7 Å².